The van der Waals surface area contributed by atoms with E-state index in [-0.39, 0.29) is 0 Å². The van der Waals surface area contributed by atoms with Gasteiger partial charge in [0, 0.05) is 6.21 Å². The molecule has 48 valence electrons. The standard InChI is InChI=1S/C8H11N/c1-3-5-8(4-2)6-7-9/h3-7,9H,2H2,1H3/b5-3-,8-6-,9-7?. The smallest absolute Gasteiger partial charge is 0.0183 e. The zero-order valence-electron chi connectivity index (χ0n) is 5.59. The highest BCUT2D eigenvalue weighted by molar-refractivity contribution is 5.70. The summed E-state index contributed by atoms with van der Waals surface area (Å²) >= 11 is 0. The molecule has 1 N–H and O–H groups in total. The van der Waals surface area contributed by atoms with Crippen LogP contribution >= 0.6 is 0 Å². The largest absolute Gasteiger partial charge is 0.309 e. The summed E-state index contributed by atoms with van der Waals surface area (Å²) in [7, 11) is 0. The van der Waals surface area contributed by atoms with Crippen molar-refractivity contribution in [2.75, 3.05) is 0 Å². The summed E-state index contributed by atoms with van der Waals surface area (Å²) in [6.45, 7) is 5.51. The summed E-state index contributed by atoms with van der Waals surface area (Å²) in [6.07, 6.45) is 8.46. The molecule has 0 aliphatic heterocycles. The summed E-state index contributed by atoms with van der Waals surface area (Å²) in [4.78, 5) is 0. The molecular weight excluding hydrogens is 110 g/mol. The maximum atomic E-state index is 6.73. The van der Waals surface area contributed by atoms with Gasteiger partial charge in [-0.1, -0.05) is 24.8 Å². The van der Waals surface area contributed by atoms with Gasteiger partial charge < -0.3 is 5.41 Å². The number of hydrogen-bond acceptors (Lipinski definition) is 1. The zero-order valence-corrected chi connectivity index (χ0v) is 5.59. The van der Waals surface area contributed by atoms with Crippen LogP contribution in [0.1, 0.15) is 6.92 Å². The Balaban J connectivity index is 4.13. The fourth-order valence-electron chi connectivity index (χ4n) is 0.480. The summed E-state index contributed by atoms with van der Waals surface area (Å²) < 4.78 is 0. The third kappa shape index (κ3) is 3.47. The second kappa shape index (κ2) is 5.04. The molecule has 1 nitrogen and oxygen atoms in total. The van der Waals surface area contributed by atoms with E-state index in [4.69, 9.17) is 5.41 Å². The Bertz CT molecular complexity index is 152. The lowest BCUT2D eigenvalue weighted by Crippen LogP contribution is -1.69. The van der Waals surface area contributed by atoms with Crippen LogP contribution in [0.4, 0.5) is 0 Å². The van der Waals surface area contributed by atoms with Crippen LogP contribution < -0.4 is 0 Å². The lowest BCUT2D eigenvalue weighted by molar-refractivity contribution is 1.56. The Hall–Kier alpha value is -1.11. The van der Waals surface area contributed by atoms with E-state index < -0.39 is 0 Å². The molecule has 0 unspecified atom stereocenters. The number of rotatable bonds is 3. The highest BCUT2D eigenvalue weighted by Gasteiger charge is 1.76. The predicted molar refractivity (Wildman–Crippen MR) is 41.9 cm³/mol. The highest BCUT2D eigenvalue weighted by atomic mass is 14.3. The molecule has 0 heterocycles. The van der Waals surface area contributed by atoms with Crippen molar-refractivity contribution in [3.8, 4) is 0 Å². The molecule has 0 amide bonds. The average Bonchev–Trinajstić information content (AvgIpc) is 1.88. The van der Waals surface area contributed by atoms with Gasteiger partial charge in [-0.15, -0.1) is 0 Å². The van der Waals surface area contributed by atoms with E-state index in [0.717, 1.165) is 5.57 Å². The first-order chi connectivity index (χ1) is 4.35. The Morgan fingerprint density at radius 2 is 2.22 bits per heavy atom. The van der Waals surface area contributed by atoms with Crippen molar-refractivity contribution in [3.05, 3.63) is 36.5 Å². The third-order valence-electron chi connectivity index (χ3n) is 0.871. The fourth-order valence-corrected chi connectivity index (χ4v) is 0.480. The molecule has 0 fully saturated rings. The van der Waals surface area contributed by atoms with Crippen molar-refractivity contribution < 1.29 is 0 Å². The molecule has 0 atom stereocenters. The summed E-state index contributed by atoms with van der Waals surface area (Å²) in [6, 6.07) is 0. The molecule has 0 rings (SSSR count). The van der Waals surface area contributed by atoms with E-state index >= 15 is 0 Å². The van der Waals surface area contributed by atoms with Crippen molar-refractivity contribution in [1.82, 2.24) is 0 Å². The van der Waals surface area contributed by atoms with Crippen LogP contribution in [0.25, 0.3) is 0 Å². The van der Waals surface area contributed by atoms with Crippen molar-refractivity contribution in [2.24, 2.45) is 0 Å². The van der Waals surface area contributed by atoms with Crippen molar-refractivity contribution in [1.29, 1.82) is 5.41 Å². The summed E-state index contributed by atoms with van der Waals surface area (Å²) in [5, 5.41) is 6.73. The predicted octanol–water partition coefficient (Wildman–Crippen LogP) is 2.32. The van der Waals surface area contributed by atoms with Gasteiger partial charge in [0.25, 0.3) is 0 Å². The van der Waals surface area contributed by atoms with E-state index in [0.29, 0.717) is 0 Å². The van der Waals surface area contributed by atoms with Crippen LogP contribution in [0, 0.1) is 5.41 Å². The fraction of sp³-hybridized carbons (Fsp3) is 0.125. The van der Waals surface area contributed by atoms with Gasteiger partial charge in [-0.05, 0) is 18.6 Å². The summed E-state index contributed by atoms with van der Waals surface area (Å²) in [5.41, 5.74) is 0.965. The lowest BCUT2D eigenvalue weighted by atomic mass is 10.2. The Morgan fingerprint density at radius 3 is 2.56 bits per heavy atom. The highest BCUT2D eigenvalue weighted by Crippen LogP contribution is 1.94. The molecule has 0 saturated heterocycles. The van der Waals surface area contributed by atoms with Crippen molar-refractivity contribution in [3.63, 3.8) is 0 Å². The SMILES string of the molecule is C=CC(/C=C\C)=C/C=N. The lowest BCUT2D eigenvalue weighted by Gasteiger charge is -1.85. The van der Waals surface area contributed by atoms with Crippen molar-refractivity contribution in [2.45, 2.75) is 6.92 Å². The average molecular weight is 121 g/mol. The van der Waals surface area contributed by atoms with E-state index in [2.05, 4.69) is 6.58 Å². The first-order valence-electron chi connectivity index (χ1n) is 2.81. The first kappa shape index (κ1) is 7.89. The molecule has 0 radical (unpaired) electrons. The van der Waals surface area contributed by atoms with Gasteiger partial charge in [-0.3, -0.25) is 0 Å². The summed E-state index contributed by atoms with van der Waals surface area (Å²) in [5.74, 6) is 0. The quantitative estimate of drug-likeness (QED) is 0.437. The number of nitrogens with one attached hydrogen (secondary N) is 1. The van der Waals surface area contributed by atoms with Crippen LogP contribution in [0.2, 0.25) is 0 Å². The normalized spacial score (nSPS) is 11.9. The molecule has 0 bridgehead atoms. The minimum Gasteiger partial charge on any atom is -0.309 e. The van der Waals surface area contributed by atoms with E-state index in [9.17, 15) is 0 Å². The number of hydrogen-bond donors (Lipinski definition) is 1. The maximum Gasteiger partial charge on any atom is 0.0183 e. The molecule has 9 heavy (non-hydrogen) atoms. The van der Waals surface area contributed by atoms with Crippen LogP contribution in [-0.2, 0) is 0 Å². The van der Waals surface area contributed by atoms with Crippen molar-refractivity contribution >= 4 is 6.21 Å². The first-order valence-corrected chi connectivity index (χ1v) is 2.81. The minimum absolute atomic E-state index is 0.965. The third-order valence-corrected chi connectivity index (χ3v) is 0.871. The zero-order chi connectivity index (χ0) is 7.11. The molecule has 0 aliphatic carbocycles. The van der Waals surface area contributed by atoms with Gasteiger partial charge in [-0.2, -0.15) is 0 Å². The van der Waals surface area contributed by atoms with Gasteiger partial charge in [-0.25, -0.2) is 0 Å². The minimum atomic E-state index is 0.965. The Morgan fingerprint density at radius 1 is 1.56 bits per heavy atom. The van der Waals surface area contributed by atoms with E-state index in [1.165, 1.54) is 6.21 Å². The van der Waals surface area contributed by atoms with Gasteiger partial charge in [0.2, 0.25) is 0 Å². The molecule has 0 saturated carbocycles. The van der Waals surface area contributed by atoms with Crippen LogP contribution in [0.15, 0.2) is 36.5 Å². The molecule has 1 heteroatoms. The van der Waals surface area contributed by atoms with Crippen LogP contribution in [-0.4, -0.2) is 6.21 Å². The molecule has 0 aliphatic rings. The van der Waals surface area contributed by atoms with Gasteiger partial charge in [0.05, 0.1) is 0 Å². The Kier molecular flexibility index (Phi) is 4.41. The van der Waals surface area contributed by atoms with Gasteiger partial charge in [0.1, 0.15) is 0 Å². The van der Waals surface area contributed by atoms with Crippen LogP contribution in [0.5, 0.6) is 0 Å². The van der Waals surface area contributed by atoms with E-state index in [1.807, 2.05) is 19.1 Å². The maximum absolute atomic E-state index is 6.73. The van der Waals surface area contributed by atoms with Gasteiger partial charge in [0.15, 0.2) is 0 Å². The molecule has 0 aromatic heterocycles. The molecule has 0 spiro atoms. The van der Waals surface area contributed by atoms with Gasteiger partial charge >= 0.3 is 0 Å². The Labute approximate surface area is 55.9 Å². The van der Waals surface area contributed by atoms with Crippen LogP contribution in [0.3, 0.4) is 0 Å². The second-order valence-corrected chi connectivity index (χ2v) is 1.54. The second-order valence-electron chi connectivity index (χ2n) is 1.54. The topological polar surface area (TPSA) is 23.9 Å². The van der Waals surface area contributed by atoms with E-state index in [1.54, 1.807) is 12.2 Å². The molecule has 0 aromatic rings. The number of allylic oxidation sites excluding steroid dienone is 5. The molecule has 0 aromatic carbocycles. The molecular formula is C8H11N. The monoisotopic (exact) mass is 121 g/mol.